The summed E-state index contributed by atoms with van der Waals surface area (Å²) in [4.78, 5) is -0.0824. The van der Waals surface area contributed by atoms with Gasteiger partial charge in [-0.05, 0) is 41.1 Å². The number of nitrogens with two attached hydrogens (primary N) is 1. The van der Waals surface area contributed by atoms with Crippen LogP contribution in [0.3, 0.4) is 0 Å². The predicted octanol–water partition coefficient (Wildman–Crippen LogP) is 1.56. The van der Waals surface area contributed by atoms with Gasteiger partial charge in [0.1, 0.15) is 5.82 Å². The van der Waals surface area contributed by atoms with Crippen LogP contribution in [-0.2, 0) is 10.0 Å². The normalized spacial score (nSPS) is 14.0. The van der Waals surface area contributed by atoms with E-state index in [1.807, 2.05) is 0 Å². The molecule has 0 bridgehead atoms. The molecule has 0 aliphatic heterocycles. The number of nitrogens with zero attached hydrogens (tertiary/aromatic N) is 1. The van der Waals surface area contributed by atoms with Gasteiger partial charge in [0.25, 0.3) is 0 Å². The van der Waals surface area contributed by atoms with E-state index in [-0.39, 0.29) is 22.0 Å². The zero-order valence-corrected chi connectivity index (χ0v) is 11.9. The standard InChI is InChI=1S/C10H14BrFN2O2S/c1-7(6-13)14(2)17(15,16)8-3-4-9(11)10(12)5-8/h3-5,7H,6,13H2,1-2H3. The van der Waals surface area contributed by atoms with Crippen molar-refractivity contribution in [3.05, 3.63) is 28.5 Å². The second-order valence-corrected chi connectivity index (χ2v) is 6.53. The Bertz CT molecular complexity index is 507. The maximum atomic E-state index is 13.3. The highest BCUT2D eigenvalue weighted by Gasteiger charge is 2.25. The molecule has 0 saturated carbocycles. The molecule has 7 heteroatoms. The second-order valence-electron chi connectivity index (χ2n) is 3.68. The average molecular weight is 325 g/mol. The summed E-state index contributed by atoms with van der Waals surface area (Å²) >= 11 is 2.97. The van der Waals surface area contributed by atoms with Crippen LogP contribution in [-0.4, -0.2) is 32.4 Å². The molecule has 1 rings (SSSR count). The Morgan fingerprint density at radius 2 is 2.12 bits per heavy atom. The van der Waals surface area contributed by atoms with Crippen LogP contribution >= 0.6 is 15.9 Å². The summed E-state index contributed by atoms with van der Waals surface area (Å²) in [6, 6.07) is 3.36. The third-order valence-electron chi connectivity index (χ3n) is 2.53. The van der Waals surface area contributed by atoms with E-state index in [0.717, 1.165) is 10.4 Å². The second kappa shape index (κ2) is 5.43. The highest BCUT2D eigenvalue weighted by atomic mass is 79.9. The zero-order chi connectivity index (χ0) is 13.2. The fourth-order valence-electron chi connectivity index (χ4n) is 1.19. The van der Waals surface area contributed by atoms with Gasteiger partial charge in [-0.25, -0.2) is 12.8 Å². The van der Waals surface area contributed by atoms with Gasteiger partial charge in [-0.15, -0.1) is 0 Å². The molecule has 0 aliphatic carbocycles. The SMILES string of the molecule is CC(CN)N(C)S(=O)(=O)c1ccc(Br)c(F)c1. The highest BCUT2D eigenvalue weighted by Crippen LogP contribution is 2.22. The van der Waals surface area contributed by atoms with E-state index < -0.39 is 15.8 Å². The van der Waals surface area contributed by atoms with E-state index in [1.165, 1.54) is 19.2 Å². The molecule has 0 amide bonds. The molecule has 0 aliphatic rings. The maximum absolute atomic E-state index is 13.3. The molecular weight excluding hydrogens is 311 g/mol. The summed E-state index contributed by atoms with van der Waals surface area (Å²) < 4.78 is 38.8. The van der Waals surface area contributed by atoms with Crippen LogP contribution in [0, 0.1) is 5.82 Å². The van der Waals surface area contributed by atoms with Gasteiger partial charge in [-0.2, -0.15) is 4.31 Å². The fraction of sp³-hybridized carbons (Fsp3) is 0.400. The molecule has 0 fully saturated rings. The summed E-state index contributed by atoms with van der Waals surface area (Å²) in [6.45, 7) is 1.89. The Hall–Kier alpha value is -0.500. The summed E-state index contributed by atoms with van der Waals surface area (Å²) in [5, 5.41) is 0. The van der Waals surface area contributed by atoms with E-state index in [9.17, 15) is 12.8 Å². The smallest absolute Gasteiger partial charge is 0.243 e. The minimum absolute atomic E-state index is 0.0824. The molecular formula is C10H14BrFN2O2S. The first-order valence-corrected chi connectivity index (χ1v) is 7.17. The van der Waals surface area contributed by atoms with Crippen molar-refractivity contribution in [2.75, 3.05) is 13.6 Å². The number of rotatable bonds is 4. The van der Waals surface area contributed by atoms with Crippen molar-refractivity contribution in [3.8, 4) is 0 Å². The number of halogens is 2. The van der Waals surface area contributed by atoms with Gasteiger partial charge in [-0.3, -0.25) is 0 Å². The molecule has 2 N–H and O–H groups in total. The summed E-state index contributed by atoms with van der Waals surface area (Å²) in [5.74, 6) is -0.611. The molecule has 17 heavy (non-hydrogen) atoms. The van der Waals surface area contributed by atoms with E-state index >= 15 is 0 Å². The fourth-order valence-corrected chi connectivity index (χ4v) is 2.82. The van der Waals surface area contributed by atoms with Crippen LogP contribution in [0.5, 0.6) is 0 Å². The number of hydrogen-bond donors (Lipinski definition) is 1. The summed E-state index contributed by atoms with van der Waals surface area (Å²) in [7, 11) is -2.27. The lowest BCUT2D eigenvalue weighted by Gasteiger charge is -2.23. The lowest BCUT2D eigenvalue weighted by molar-refractivity contribution is 0.394. The minimum Gasteiger partial charge on any atom is -0.329 e. The van der Waals surface area contributed by atoms with E-state index in [2.05, 4.69) is 15.9 Å². The van der Waals surface area contributed by atoms with E-state index in [0.29, 0.717) is 0 Å². The van der Waals surface area contributed by atoms with Gasteiger partial charge in [-0.1, -0.05) is 0 Å². The van der Waals surface area contributed by atoms with Gasteiger partial charge in [0.2, 0.25) is 10.0 Å². The molecule has 0 aromatic heterocycles. The zero-order valence-electron chi connectivity index (χ0n) is 9.52. The Morgan fingerprint density at radius 1 is 1.53 bits per heavy atom. The highest BCUT2D eigenvalue weighted by molar-refractivity contribution is 9.10. The first-order chi connectivity index (χ1) is 7.80. The lowest BCUT2D eigenvalue weighted by atomic mass is 10.3. The van der Waals surface area contributed by atoms with E-state index in [4.69, 9.17) is 5.73 Å². The Kier molecular flexibility index (Phi) is 4.65. The van der Waals surface area contributed by atoms with Crippen molar-refractivity contribution >= 4 is 26.0 Å². The largest absolute Gasteiger partial charge is 0.329 e. The summed E-state index contributed by atoms with van der Waals surface area (Å²) in [5.41, 5.74) is 5.41. The number of sulfonamides is 1. The van der Waals surface area contributed by atoms with Crippen molar-refractivity contribution in [2.45, 2.75) is 17.9 Å². The van der Waals surface area contributed by atoms with Crippen molar-refractivity contribution in [1.29, 1.82) is 0 Å². The third-order valence-corrected chi connectivity index (χ3v) is 5.14. The van der Waals surface area contributed by atoms with Crippen molar-refractivity contribution in [2.24, 2.45) is 5.73 Å². The van der Waals surface area contributed by atoms with Crippen LogP contribution in [0.25, 0.3) is 0 Å². The van der Waals surface area contributed by atoms with Gasteiger partial charge in [0, 0.05) is 19.6 Å². The lowest BCUT2D eigenvalue weighted by Crippen LogP contribution is -2.39. The molecule has 0 radical (unpaired) electrons. The van der Waals surface area contributed by atoms with Crippen LogP contribution in [0.1, 0.15) is 6.92 Å². The van der Waals surface area contributed by atoms with Gasteiger partial charge in [0.05, 0.1) is 9.37 Å². The van der Waals surface area contributed by atoms with Crippen molar-refractivity contribution in [1.82, 2.24) is 4.31 Å². The topological polar surface area (TPSA) is 63.4 Å². The molecule has 1 aromatic carbocycles. The predicted molar refractivity (Wildman–Crippen MR) is 67.6 cm³/mol. The first-order valence-electron chi connectivity index (χ1n) is 4.94. The molecule has 1 atom stereocenters. The molecule has 0 saturated heterocycles. The van der Waals surface area contributed by atoms with Crippen molar-refractivity contribution in [3.63, 3.8) is 0 Å². The van der Waals surface area contributed by atoms with Gasteiger partial charge >= 0.3 is 0 Å². The Labute approximate surface area is 109 Å². The quantitative estimate of drug-likeness (QED) is 0.914. The Morgan fingerprint density at radius 3 is 2.59 bits per heavy atom. The monoisotopic (exact) mass is 324 g/mol. The third kappa shape index (κ3) is 3.04. The molecule has 0 spiro atoms. The summed E-state index contributed by atoms with van der Waals surface area (Å²) in [6.07, 6.45) is 0. The number of hydrogen-bond acceptors (Lipinski definition) is 3. The number of likely N-dealkylation sites (N-methyl/N-ethyl adjacent to an activating group) is 1. The Balaban J connectivity index is 3.17. The van der Waals surface area contributed by atoms with Crippen LogP contribution in [0.2, 0.25) is 0 Å². The molecule has 4 nitrogen and oxygen atoms in total. The first kappa shape index (κ1) is 14.6. The molecule has 1 unspecified atom stereocenters. The molecule has 1 aromatic rings. The van der Waals surface area contributed by atoms with Crippen molar-refractivity contribution < 1.29 is 12.8 Å². The maximum Gasteiger partial charge on any atom is 0.243 e. The average Bonchev–Trinajstić information content (AvgIpc) is 2.30. The number of benzene rings is 1. The van der Waals surface area contributed by atoms with Crippen LogP contribution in [0.15, 0.2) is 27.6 Å². The van der Waals surface area contributed by atoms with Crippen LogP contribution < -0.4 is 5.73 Å². The molecule has 96 valence electrons. The minimum atomic E-state index is -3.70. The van der Waals surface area contributed by atoms with Gasteiger partial charge in [0.15, 0.2) is 0 Å². The van der Waals surface area contributed by atoms with Gasteiger partial charge < -0.3 is 5.73 Å². The van der Waals surface area contributed by atoms with E-state index in [1.54, 1.807) is 6.92 Å². The van der Waals surface area contributed by atoms with Crippen LogP contribution in [0.4, 0.5) is 4.39 Å². The molecule has 0 heterocycles.